The summed E-state index contributed by atoms with van der Waals surface area (Å²) in [6.45, 7) is 0. The Kier molecular flexibility index (Phi) is 3.59. The summed E-state index contributed by atoms with van der Waals surface area (Å²) in [5.74, 6) is -0.0965. The third-order valence-electron chi connectivity index (χ3n) is 2.40. The van der Waals surface area contributed by atoms with Gasteiger partial charge in [0.1, 0.15) is 0 Å². The molecule has 6 nitrogen and oxygen atoms in total. The predicted molar refractivity (Wildman–Crippen MR) is 73.9 cm³/mol. The van der Waals surface area contributed by atoms with Crippen LogP contribution in [0.3, 0.4) is 0 Å². The van der Waals surface area contributed by atoms with Crippen molar-refractivity contribution in [3.05, 3.63) is 53.9 Å². The van der Waals surface area contributed by atoms with E-state index < -0.39 is 0 Å². The van der Waals surface area contributed by atoms with E-state index in [1.807, 2.05) is 35.0 Å². The zero-order valence-electron chi connectivity index (χ0n) is 10.1. The van der Waals surface area contributed by atoms with Crippen LogP contribution in [0.4, 0.5) is 0 Å². The summed E-state index contributed by atoms with van der Waals surface area (Å²) in [6, 6.07) is 13.1. The fourth-order valence-corrected chi connectivity index (χ4v) is 1.61. The van der Waals surface area contributed by atoms with Crippen molar-refractivity contribution in [2.24, 2.45) is 21.7 Å². The van der Waals surface area contributed by atoms with Gasteiger partial charge in [-0.1, -0.05) is 6.07 Å². The quantitative estimate of drug-likeness (QED) is 0.482. The van der Waals surface area contributed by atoms with Crippen LogP contribution in [-0.4, -0.2) is 16.7 Å². The monoisotopic (exact) mass is 252 g/mol. The van der Waals surface area contributed by atoms with Gasteiger partial charge in [0.05, 0.1) is 23.5 Å². The highest BCUT2D eigenvalue weighted by atomic mass is 15.3. The van der Waals surface area contributed by atoms with E-state index in [0.29, 0.717) is 5.56 Å². The van der Waals surface area contributed by atoms with Gasteiger partial charge >= 0.3 is 0 Å². The fourth-order valence-electron chi connectivity index (χ4n) is 1.61. The molecule has 2 rings (SSSR count). The van der Waals surface area contributed by atoms with Crippen LogP contribution in [0, 0.1) is 11.3 Å². The third kappa shape index (κ3) is 2.98. The van der Waals surface area contributed by atoms with Crippen LogP contribution < -0.4 is 11.5 Å². The van der Waals surface area contributed by atoms with Gasteiger partial charge in [0.15, 0.2) is 0 Å². The first-order valence-electron chi connectivity index (χ1n) is 5.50. The molecule has 0 amide bonds. The van der Waals surface area contributed by atoms with Gasteiger partial charge in [0.25, 0.3) is 0 Å². The summed E-state index contributed by atoms with van der Waals surface area (Å²) < 4.78 is 1.88. The van der Waals surface area contributed by atoms with Gasteiger partial charge in [-0.3, -0.25) is 0 Å². The molecule has 19 heavy (non-hydrogen) atoms. The van der Waals surface area contributed by atoms with E-state index in [0.717, 1.165) is 11.4 Å². The molecule has 0 aliphatic heterocycles. The molecule has 1 aromatic carbocycles. The van der Waals surface area contributed by atoms with Crippen molar-refractivity contribution in [2.75, 3.05) is 0 Å². The molecule has 0 aliphatic rings. The molecule has 0 fully saturated rings. The topological polar surface area (TPSA) is 105 Å². The zero-order valence-corrected chi connectivity index (χ0v) is 10.1. The Balaban J connectivity index is 2.36. The van der Waals surface area contributed by atoms with Crippen LogP contribution in [0.1, 0.15) is 11.3 Å². The second kappa shape index (κ2) is 5.51. The van der Waals surface area contributed by atoms with E-state index in [9.17, 15) is 0 Å². The number of aromatic nitrogens is 1. The first kappa shape index (κ1) is 12.4. The summed E-state index contributed by atoms with van der Waals surface area (Å²) in [5.41, 5.74) is 12.7. The summed E-state index contributed by atoms with van der Waals surface area (Å²) >= 11 is 0. The number of rotatable bonds is 3. The Morgan fingerprint density at radius 3 is 2.84 bits per heavy atom. The molecule has 0 saturated heterocycles. The maximum atomic E-state index is 8.90. The molecule has 0 unspecified atom stereocenters. The van der Waals surface area contributed by atoms with Crippen molar-refractivity contribution >= 4 is 12.2 Å². The molecular formula is C13H12N6. The minimum Gasteiger partial charge on any atom is -0.369 e. The summed E-state index contributed by atoms with van der Waals surface area (Å²) in [4.78, 5) is 0. The van der Waals surface area contributed by atoms with Gasteiger partial charge in [-0.15, -0.1) is 5.10 Å². The summed E-state index contributed by atoms with van der Waals surface area (Å²) in [7, 11) is 0. The third-order valence-corrected chi connectivity index (χ3v) is 2.40. The van der Waals surface area contributed by atoms with Gasteiger partial charge < -0.3 is 16.0 Å². The first-order valence-corrected chi connectivity index (χ1v) is 5.50. The molecule has 1 aromatic heterocycles. The molecular weight excluding hydrogens is 240 g/mol. The molecule has 6 heteroatoms. The molecule has 0 aliphatic carbocycles. The van der Waals surface area contributed by atoms with Crippen LogP contribution in [0.25, 0.3) is 5.69 Å². The fraction of sp³-hybridized carbons (Fsp3) is 0. The number of nitrogens with zero attached hydrogens (tertiary/aromatic N) is 4. The van der Waals surface area contributed by atoms with Gasteiger partial charge in [-0.25, -0.2) is 0 Å². The molecule has 0 saturated carbocycles. The SMILES string of the molecule is N#Cc1cccc(-n2cccc2C=NN=C(N)N)c1. The van der Waals surface area contributed by atoms with Crippen LogP contribution in [0.2, 0.25) is 0 Å². The number of hydrogen-bond acceptors (Lipinski definition) is 3. The molecule has 1 heterocycles. The Hall–Kier alpha value is -3.07. The summed E-state index contributed by atoms with van der Waals surface area (Å²) in [5, 5.41) is 16.2. The lowest BCUT2D eigenvalue weighted by atomic mass is 10.2. The van der Waals surface area contributed by atoms with Crippen molar-refractivity contribution in [2.45, 2.75) is 0 Å². The molecule has 0 spiro atoms. The van der Waals surface area contributed by atoms with Crippen molar-refractivity contribution in [3.8, 4) is 11.8 Å². The lowest BCUT2D eigenvalue weighted by Crippen LogP contribution is -2.21. The van der Waals surface area contributed by atoms with Crippen LogP contribution >= 0.6 is 0 Å². The van der Waals surface area contributed by atoms with E-state index in [2.05, 4.69) is 16.3 Å². The Morgan fingerprint density at radius 1 is 1.26 bits per heavy atom. The maximum Gasteiger partial charge on any atom is 0.211 e. The minimum absolute atomic E-state index is 0.0965. The Bertz CT molecular complexity index is 670. The molecule has 0 atom stereocenters. The second-order valence-corrected chi connectivity index (χ2v) is 3.73. The number of nitrogens with two attached hydrogens (primary N) is 2. The largest absolute Gasteiger partial charge is 0.369 e. The van der Waals surface area contributed by atoms with Crippen molar-refractivity contribution < 1.29 is 0 Å². The van der Waals surface area contributed by atoms with Crippen LogP contribution in [0.5, 0.6) is 0 Å². The van der Waals surface area contributed by atoms with E-state index in [1.165, 1.54) is 0 Å². The minimum atomic E-state index is -0.0965. The van der Waals surface area contributed by atoms with Crippen molar-refractivity contribution in [1.82, 2.24) is 4.57 Å². The highest BCUT2D eigenvalue weighted by molar-refractivity contribution is 5.81. The average Bonchev–Trinajstić information content (AvgIpc) is 2.87. The summed E-state index contributed by atoms with van der Waals surface area (Å²) in [6.07, 6.45) is 3.41. The standard InChI is InChI=1S/C13H12N6/c14-8-10-3-1-4-11(7-10)19-6-2-5-12(19)9-17-18-13(15)16/h1-7,9H,(H4,15,16,18). The van der Waals surface area contributed by atoms with Crippen molar-refractivity contribution in [1.29, 1.82) is 5.26 Å². The number of benzene rings is 1. The molecule has 94 valence electrons. The zero-order chi connectivity index (χ0) is 13.7. The number of nitriles is 1. The van der Waals surface area contributed by atoms with E-state index in [-0.39, 0.29) is 5.96 Å². The van der Waals surface area contributed by atoms with Crippen LogP contribution in [-0.2, 0) is 0 Å². The molecule has 2 aromatic rings. The smallest absolute Gasteiger partial charge is 0.211 e. The van der Waals surface area contributed by atoms with Gasteiger partial charge in [0.2, 0.25) is 5.96 Å². The van der Waals surface area contributed by atoms with Gasteiger partial charge in [0, 0.05) is 11.9 Å². The highest BCUT2D eigenvalue weighted by Crippen LogP contribution is 2.13. The Morgan fingerprint density at radius 2 is 2.11 bits per heavy atom. The van der Waals surface area contributed by atoms with E-state index in [4.69, 9.17) is 16.7 Å². The first-order chi connectivity index (χ1) is 9.20. The maximum absolute atomic E-state index is 8.90. The predicted octanol–water partition coefficient (Wildman–Crippen LogP) is 0.956. The normalized spacial score (nSPS) is 10.3. The van der Waals surface area contributed by atoms with Gasteiger partial charge in [-0.2, -0.15) is 10.4 Å². The lowest BCUT2D eigenvalue weighted by Gasteiger charge is -2.05. The second-order valence-electron chi connectivity index (χ2n) is 3.73. The highest BCUT2D eigenvalue weighted by Gasteiger charge is 2.01. The van der Waals surface area contributed by atoms with Crippen LogP contribution in [0.15, 0.2) is 52.8 Å². The van der Waals surface area contributed by atoms with Gasteiger partial charge in [-0.05, 0) is 30.3 Å². The average molecular weight is 252 g/mol. The Labute approximate surface area is 110 Å². The van der Waals surface area contributed by atoms with E-state index in [1.54, 1.807) is 18.3 Å². The lowest BCUT2D eigenvalue weighted by molar-refractivity contribution is 1.06. The molecule has 4 N–H and O–H groups in total. The molecule has 0 bridgehead atoms. The molecule has 0 radical (unpaired) electrons. The number of hydrogen-bond donors (Lipinski definition) is 2. The van der Waals surface area contributed by atoms with Crippen molar-refractivity contribution in [3.63, 3.8) is 0 Å². The number of guanidine groups is 1. The van der Waals surface area contributed by atoms with E-state index >= 15 is 0 Å².